The molecule has 0 aromatic heterocycles. The van der Waals surface area contributed by atoms with Gasteiger partial charge in [-0.3, -0.25) is 0 Å². The summed E-state index contributed by atoms with van der Waals surface area (Å²) in [5, 5.41) is 3.22. The van der Waals surface area contributed by atoms with Gasteiger partial charge in [0.05, 0.1) is 0 Å². The maximum absolute atomic E-state index is 13.5. The van der Waals surface area contributed by atoms with E-state index in [4.69, 9.17) is 0 Å². The zero-order valence-electron chi connectivity index (χ0n) is 9.61. The largest absolute Gasteiger partial charge is 0.368 e. The molecule has 88 valence electrons. The highest BCUT2D eigenvalue weighted by molar-refractivity contribution is 5.60. The second-order valence-corrected chi connectivity index (χ2v) is 4.18. The standard InChI is InChI=1S/C12H16F2N2/c1-8-10(13)7-11(14)9(2)12(8)16-5-3-15-4-6-16/h7,15H,3-6H2,1-2H3. The Labute approximate surface area is 94.3 Å². The van der Waals surface area contributed by atoms with Crippen molar-refractivity contribution in [3.8, 4) is 0 Å². The fourth-order valence-electron chi connectivity index (χ4n) is 2.20. The molecule has 0 bridgehead atoms. The Morgan fingerprint density at radius 1 is 1.06 bits per heavy atom. The first-order chi connectivity index (χ1) is 7.61. The molecule has 0 spiro atoms. The van der Waals surface area contributed by atoms with E-state index < -0.39 is 11.6 Å². The van der Waals surface area contributed by atoms with E-state index in [9.17, 15) is 8.78 Å². The first-order valence-electron chi connectivity index (χ1n) is 5.52. The minimum atomic E-state index is -0.461. The molecule has 1 fully saturated rings. The highest BCUT2D eigenvalue weighted by Gasteiger charge is 2.19. The third kappa shape index (κ3) is 1.89. The van der Waals surface area contributed by atoms with Crippen molar-refractivity contribution in [3.63, 3.8) is 0 Å². The number of benzene rings is 1. The summed E-state index contributed by atoms with van der Waals surface area (Å²) >= 11 is 0. The van der Waals surface area contributed by atoms with Gasteiger partial charge in [-0.25, -0.2) is 8.78 Å². The zero-order valence-corrected chi connectivity index (χ0v) is 9.61. The van der Waals surface area contributed by atoms with Gasteiger partial charge in [0.2, 0.25) is 0 Å². The topological polar surface area (TPSA) is 15.3 Å². The molecular weight excluding hydrogens is 210 g/mol. The van der Waals surface area contributed by atoms with Crippen LogP contribution in [-0.4, -0.2) is 26.2 Å². The molecule has 2 nitrogen and oxygen atoms in total. The molecule has 0 aliphatic carbocycles. The lowest BCUT2D eigenvalue weighted by atomic mass is 10.1. The minimum absolute atomic E-state index is 0.461. The average molecular weight is 226 g/mol. The summed E-state index contributed by atoms with van der Waals surface area (Å²) in [6.45, 7) is 6.72. The first-order valence-corrected chi connectivity index (χ1v) is 5.52. The fraction of sp³-hybridized carbons (Fsp3) is 0.500. The Balaban J connectivity index is 2.45. The van der Waals surface area contributed by atoms with Crippen LogP contribution in [0.1, 0.15) is 11.1 Å². The molecule has 1 N–H and O–H groups in total. The number of rotatable bonds is 1. The second-order valence-electron chi connectivity index (χ2n) is 4.18. The lowest BCUT2D eigenvalue weighted by molar-refractivity contribution is 0.557. The quantitative estimate of drug-likeness (QED) is 0.787. The summed E-state index contributed by atoms with van der Waals surface area (Å²) in [7, 11) is 0. The molecular formula is C12H16F2N2. The summed E-state index contributed by atoms with van der Waals surface area (Å²) in [6, 6.07) is 0.969. The summed E-state index contributed by atoms with van der Waals surface area (Å²) in [5.41, 5.74) is 1.81. The maximum Gasteiger partial charge on any atom is 0.131 e. The lowest BCUT2D eigenvalue weighted by Crippen LogP contribution is -2.44. The monoisotopic (exact) mass is 226 g/mol. The average Bonchev–Trinajstić information content (AvgIpc) is 2.28. The predicted molar refractivity (Wildman–Crippen MR) is 60.9 cm³/mol. The maximum atomic E-state index is 13.5. The lowest BCUT2D eigenvalue weighted by Gasteiger charge is -2.32. The van der Waals surface area contributed by atoms with Gasteiger partial charge in [-0.2, -0.15) is 0 Å². The highest BCUT2D eigenvalue weighted by Crippen LogP contribution is 2.29. The van der Waals surface area contributed by atoms with Crippen LogP contribution in [0.4, 0.5) is 14.5 Å². The molecule has 1 aliphatic heterocycles. The molecule has 1 saturated heterocycles. The zero-order chi connectivity index (χ0) is 11.7. The van der Waals surface area contributed by atoms with Gasteiger partial charge >= 0.3 is 0 Å². The molecule has 2 rings (SSSR count). The Kier molecular flexibility index (Phi) is 3.10. The van der Waals surface area contributed by atoms with E-state index in [0.29, 0.717) is 11.1 Å². The van der Waals surface area contributed by atoms with Gasteiger partial charge in [-0.05, 0) is 13.8 Å². The van der Waals surface area contributed by atoms with Crippen LogP contribution in [-0.2, 0) is 0 Å². The van der Waals surface area contributed by atoms with Crippen LogP contribution in [0.25, 0.3) is 0 Å². The van der Waals surface area contributed by atoms with E-state index in [-0.39, 0.29) is 0 Å². The molecule has 0 saturated carbocycles. The van der Waals surface area contributed by atoms with Crippen molar-refractivity contribution in [1.82, 2.24) is 5.32 Å². The van der Waals surface area contributed by atoms with Gasteiger partial charge < -0.3 is 10.2 Å². The van der Waals surface area contributed by atoms with Gasteiger partial charge in [0.1, 0.15) is 11.6 Å². The minimum Gasteiger partial charge on any atom is -0.368 e. The molecule has 0 amide bonds. The number of nitrogens with zero attached hydrogens (tertiary/aromatic N) is 1. The van der Waals surface area contributed by atoms with Crippen LogP contribution >= 0.6 is 0 Å². The Morgan fingerprint density at radius 3 is 2.06 bits per heavy atom. The van der Waals surface area contributed by atoms with Crippen molar-refractivity contribution >= 4 is 5.69 Å². The third-order valence-corrected chi connectivity index (χ3v) is 3.11. The van der Waals surface area contributed by atoms with Crippen molar-refractivity contribution in [3.05, 3.63) is 28.8 Å². The Bertz CT molecular complexity index is 372. The number of hydrogen-bond acceptors (Lipinski definition) is 2. The molecule has 1 aromatic carbocycles. The molecule has 1 aliphatic rings. The number of hydrogen-bond donors (Lipinski definition) is 1. The van der Waals surface area contributed by atoms with Gasteiger partial charge in [0, 0.05) is 49.1 Å². The molecule has 1 heterocycles. The summed E-state index contributed by atoms with van der Waals surface area (Å²) in [6.07, 6.45) is 0. The van der Waals surface area contributed by atoms with Crippen LogP contribution in [0.5, 0.6) is 0 Å². The van der Waals surface area contributed by atoms with E-state index in [1.807, 2.05) is 4.90 Å². The number of halogens is 2. The van der Waals surface area contributed by atoms with Crippen molar-refractivity contribution in [2.24, 2.45) is 0 Å². The molecule has 0 radical (unpaired) electrons. The molecule has 16 heavy (non-hydrogen) atoms. The van der Waals surface area contributed by atoms with Crippen LogP contribution in [0.2, 0.25) is 0 Å². The Morgan fingerprint density at radius 2 is 1.56 bits per heavy atom. The van der Waals surface area contributed by atoms with Gasteiger partial charge in [-0.15, -0.1) is 0 Å². The number of piperazine rings is 1. The van der Waals surface area contributed by atoms with Gasteiger partial charge in [0.25, 0.3) is 0 Å². The summed E-state index contributed by atoms with van der Waals surface area (Å²) in [4.78, 5) is 2.05. The van der Waals surface area contributed by atoms with Crippen molar-refractivity contribution in [1.29, 1.82) is 0 Å². The first kappa shape index (κ1) is 11.3. The fourth-order valence-corrected chi connectivity index (χ4v) is 2.20. The van der Waals surface area contributed by atoms with Crippen molar-refractivity contribution in [2.45, 2.75) is 13.8 Å². The van der Waals surface area contributed by atoms with E-state index >= 15 is 0 Å². The van der Waals surface area contributed by atoms with Crippen LogP contribution in [0, 0.1) is 25.5 Å². The van der Waals surface area contributed by atoms with E-state index in [1.54, 1.807) is 13.8 Å². The Hall–Kier alpha value is -1.16. The summed E-state index contributed by atoms with van der Waals surface area (Å²) in [5.74, 6) is -0.923. The third-order valence-electron chi connectivity index (χ3n) is 3.11. The van der Waals surface area contributed by atoms with Crippen LogP contribution in [0.15, 0.2) is 6.07 Å². The smallest absolute Gasteiger partial charge is 0.131 e. The van der Waals surface area contributed by atoms with Crippen LogP contribution < -0.4 is 10.2 Å². The van der Waals surface area contributed by atoms with Crippen LogP contribution in [0.3, 0.4) is 0 Å². The second kappa shape index (κ2) is 4.37. The van der Waals surface area contributed by atoms with Gasteiger partial charge in [0.15, 0.2) is 0 Å². The summed E-state index contributed by atoms with van der Waals surface area (Å²) < 4.78 is 27.0. The number of nitrogens with one attached hydrogen (secondary N) is 1. The molecule has 0 unspecified atom stereocenters. The van der Waals surface area contributed by atoms with Crippen molar-refractivity contribution in [2.75, 3.05) is 31.1 Å². The van der Waals surface area contributed by atoms with E-state index in [0.717, 1.165) is 37.9 Å². The number of anilines is 1. The SMILES string of the molecule is Cc1c(F)cc(F)c(C)c1N1CCNCC1. The van der Waals surface area contributed by atoms with E-state index in [2.05, 4.69) is 5.32 Å². The van der Waals surface area contributed by atoms with Gasteiger partial charge in [-0.1, -0.05) is 0 Å². The normalized spacial score (nSPS) is 16.6. The molecule has 1 aromatic rings. The highest BCUT2D eigenvalue weighted by atomic mass is 19.1. The molecule has 4 heteroatoms. The predicted octanol–water partition coefficient (Wildman–Crippen LogP) is 1.99. The molecule has 0 atom stereocenters. The van der Waals surface area contributed by atoms with Crippen molar-refractivity contribution < 1.29 is 8.78 Å². The van der Waals surface area contributed by atoms with E-state index in [1.165, 1.54) is 0 Å².